The van der Waals surface area contributed by atoms with Crippen molar-refractivity contribution in [1.29, 1.82) is 0 Å². The Morgan fingerprint density at radius 1 is 1.12 bits per heavy atom. The normalized spacial score (nSPS) is 21.8. The van der Waals surface area contributed by atoms with Gasteiger partial charge in [-0.15, -0.1) is 0 Å². The van der Waals surface area contributed by atoms with Crippen molar-refractivity contribution < 1.29 is 4.52 Å². The predicted molar refractivity (Wildman–Crippen MR) is 87.7 cm³/mol. The highest BCUT2D eigenvalue weighted by atomic mass is 16.5. The molecule has 0 bridgehead atoms. The second-order valence-electron chi connectivity index (χ2n) is 7.61. The molecule has 1 aliphatic heterocycles. The number of nitrogens with zero attached hydrogens (tertiary/aromatic N) is 4. The third-order valence-corrected chi connectivity index (χ3v) is 5.29. The lowest BCUT2D eigenvalue weighted by atomic mass is 10.00. The Morgan fingerprint density at radius 2 is 1.92 bits per heavy atom. The van der Waals surface area contributed by atoms with E-state index in [4.69, 9.17) is 4.52 Å². The van der Waals surface area contributed by atoms with Crippen molar-refractivity contribution in [2.75, 3.05) is 13.1 Å². The van der Waals surface area contributed by atoms with Crippen LogP contribution in [0, 0.1) is 5.92 Å². The fourth-order valence-electron chi connectivity index (χ4n) is 3.55. The first kappa shape index (κ1) is 14.4. The average molecular weight is 326 g/mol. The van der Waals surface area contributed by atoms with Crippen LogP contribution in [0.1, 0.15) is 54.7 Å². The minimum atomic E-state index is 0.0171. The van der Waals surface area contributed by atoms with E-state index in [9.17, 15) is 4.79 Å². The Morgan fingerprint density at radius 3 is 2.67 bits per heavy atom. The molecule has 3 fully saturated rings. The van der Waals surface area contributed by atoms with Crippen molar-refractivity contribution in [2.24, 2.45) is 5.92 Å². The molecule has 0 amide bonds. The van der Waals surface area contributed by atoms with Crippen LogP contribution in [0.4, 0.5) is 0 Å². The Bertz CT molecular complexity index is 797. The van der Waals surface area contributed by atoms with Gasteiger partial charge < -0.3 is 4.52 Å². The molecule has 0 atom stereocenters. The number of hydrogen-bond donors (Lipinski definition) is 0. The largest absolute Gasteiger partial charge is 0.361 e. The number of likely N-dealkylation sites (tertiary alicyclic amines) is 1. The van der Waals surface area contributed by atoms with E-state index in [0.29, 0.717) is 17.8 Å². The van der Waals surface area contributed by atoms with Gasteiger partial charge in [0.25, 0.3) is 5.56 Å². The molecular formula is C18H22N4O2. The van der Waals surface area contributed by atoms with Gasteiger partial charge in [-0.3, -0.25) is 9.69 Å². The molecule has 2 aromatic heterocycles. The van der Waals surface area contributed by atoms with E-state index in [-0.39, 0.29) is 5.56 Å². The molecule has 0 unspecified atom stereocenters. The number of rotatable bonds is 6. The topological polar surface area (TPSA) is 64.2 Å². The average Bonchev–Trinajstić information content (AvgIpc) is 3.46. The van der Waals surface area contributed by atoms with Crippen LogP contribution < -0.4 is 5.56 Å². The van der Waals surface area contributed by atoms with Crippen LogP contribution in [0.3, 0.4) is 0 Å². The Kier molecular flexibility index (Phi) is 3.33. The molecule has 0 spiro atoms. The molecule has 24 heavy (non-hydrogen) atoms. The van der Waals surface area contributed by atoms with Crippen LogP contribution in [-0.4, -0.2) is 32.9 Å². The molecule has 6 heteroatoms. The first-order chi connectivity index (χ1) is 11.7. The number of hydrogen-bond acceptors (Lipinski definition) is 5. The van der Waals surface area contributed by atoms with Crippen molar-refractivity contribution in [2.45, 2.75) is 50.6 Å². The van der Waals surface area contributed by atoms with Crippen LogP contribution in [0.25, 0.3) is 0 Å². The van der Waals surface area contributed by atoms with Gasteiger partial charge in [-0.05, 0) is 31.7 Å². The van der Waals surface area contributed by atoms with Gasteiger partial charge in [-0.25, -0.2) is 4.68 Å². The Hall–Kier alpha value is -1.95. The maximum Gasteiger partial charge on any atom is 0.266 e. The van der Waals surface area contributed by atoms with Crippen LogP contribution in [0.2, 0.25) is 0 Å². The van der Waals surface area contributed by atoms with Gasteiger partial charge in [0.2, 0.25) is 0 Å². The summed E-state index contributed by atoms with van der Waals surface area (Å²) >= 11 is 0. The van der Waals surface area contributed by atoms with E-state index in [1.165, 1.54) is 25.7 Å². The zero-order valence-electron chi connectivity index (χ0n) is 13.7. The van der Waals surface area contributed by atoms with Crippen LogP contribution >= 0.6 is 0 Å². The van der Waals surface area contributed by atoms with Crippen molar-refractivity contribution in [3.8, 4) is 0 Å². The fourth-order valence-corrected chi connectivity index (χ4v) is 3.55. The van der Waals surface area contributed by atoms with Crippen molar-refractivity contribution in [1.82, 2.24) is 19.8 Å². The van der Waals surface area contributed by atoms with Crippen LogP contribution in [-0.2, 0) is 13.1 Å². The second-order valence-corrected chi connectivity index (χ2v) is 7.61. The van der Waals surface area contributed by atoms with Gasteiger partial charge in [0.05, 0.1) is 17.9 Å². The molecule has 3 aliphatic rings. The first-order valence-corrected chi connectivity index (χ1v) is 9.00. The van der Waals surface area contributed by atoms with Gasteiger partial charge in [0.15, 0.2) is 0 Å². The molecule has 2 aliphatic carbocycles. The lowest BCUT2D eigenvalue weighted by Crippen LogP contribution is -2.49. The monoisotopic (exact) mass is 326 g/mol. The van der Waals surface area contributed by atoms with Crippen LogP contribution in [0.15, 0.2) is 27.5 Å². The fraction of sp³-hybridized carbons (Fsp3) is 0.611. The summed E-state index contributed by atoms with van der Waals surface area (Å²) in [4.78, 5) is 14.4. The van der Waals surface area contributed by atoms with Gasteiger partial charge in [-0.1, -0.05) is 5.16 Å². The second kappa shape index (κ2) is 5.55. The molecule has 5 rings (SSSR count). The Balaban J connectivity index is 1.16. The highest BCUT2D eigenvalue weighted by Gasteiger charge is 2.31. The molecule has 2 saturated carbocycles. The third kappa shape index (κ3) is 2.90. The van der Waals surface area contributed by atoms with Gasteiger partial charge in [0, 0.05) is 49.5 Å². The maximum absolute atomic E-state index is 12.0. The highest BCUT2D eigenvalue weighted by molar-refractivity contribution is 5.15. The molecular weight excluding hydrogens is 304 g/mol. The van der Waals surface area contributed by atoms with E-state index >= 15 is 0 Å². The molecule has 0 aromatic carbocycles. The van der Waals surface area contributed by atoms with Crippen LogP contribution in [0.5, 0.6) is 0 Å². The van der Waals surface area contributed by atoms with Gasteiger partial charge in [0.1, 0.15) is 5.76 Å². The number of aromatic nitrogens is 3. The van der Waals surface area contributed by atoms with Gasteiger partial charge in [-0.2, -0.15) is 5.10 Å². The van der Waals surface area contributed by atoms with Crippen molar-refractivity contribution in [3.63, 3.8) is 0 Å². The SMILES string of the molecule is O=c1ccc(C2CC2)nn1CC1CN(Cc2cc(C3CC3)on2)C1. The lowest BCUT2D eigenvalue weighted by Gasteiger charge is -2.38. The van der Waals surface area contributed by atoms with E-state index in [2.05, 4.69) is 21.2 Å². The summed E-state index contributed by atoms with van der Waals surface area (Å²) in [7, 11) is 0. The van der Waals surface area contributed by atoms with Crippen molar-refractivity contribution >= 4 is 0 Å². The quantitative estimate of drug-likeness (QED) is 0.813. The minimum Gasteiger partial charge on any atom is -0.361 e. The molecule has 2 aromatic rings. The summed E-state index contributed by atoms with van der Waals surface area (Å²) in [6, 6.07) is 5.67. The Labute approximate surface area is 140 Å². The summed E-state index contributed by atoms with van der Waals surface area (Å²) in [6.07, 6.45) is 4.90. The minimum absolute atomic E-state index is 0.0171. The standard InChI is InChI=1S/C18H22N4O2/c23-18-6-5-16(13-1-2-13)19-22(18)10-12-8-21(9-12)11-15-7-17(24-20-15)14-3-4-14/h5-7,12-14H,1-4,8-11H2. The first-order valence-electron chi connectivity index (χ1n) is 9.00. The molecule has 3 heterocycles. The molecule has 0 radical (unpaired) electrons. The van der Waals surface area contributed by atoms with E-state index in [0.717, 1.165) is 43.3 Å². The third-order valence-electron chi connectivity index (χ3n) is 5.29. The molecule has 0 N–H and O–H groups in total. The summed E-state index contributed by atoms with van der Waals surface area (Å²) in [5.74, 6) is 2.75. The van der Waals surface area contributed by atoms with Gasteiger partial charge >= 0.3 is 0 Å². The van der Waals surface area contributed by atoms with E-state index in [1.54, 1.807) is 10.7 Å². The summed E-state index contributed by atoms with van der Waals surface area (Å²) in [5.41, 5.74) is 2.13. The van der Waals surface area contributed by atoms with E-state index in [1.807, 2.05) is 6.07 Å². The zero-order valence-corrected chi connectivity index (χ0v) is 13.7. The molecule has 1 saturated heterocycles. The summed E-state index contributed by atoms with van der Waals surface area (Å²) in [5, 5.41) is 8.73. The molecule has 6 nitrogen and oxygen atoms in total. The zero-order chi connectivity index (χ0) is 16.1. The molecule has 126 valence electrons. The van der Waals surface area contributed by atoms with E-state index < -0.39 is 0 Å². The summed E-state index contributed by atoms with van der Waals surface area (Å²) in [6.45, 7) is 3.56. The lowest BCUT2D eigenvalue weighted by molar-refractivity contribution is 0.0742. The summed E-state index contributed by atoms with van der Waals surface area (Å²) < 4.78 is 7.07. The highest BCUT2D eigenvalue weighted by Crippen LogP contribution is 2.40. The predicted octanol–water partition coefficient (Wildman–Crippen LogP) is 2.12. The smallest absolute Gasteiger partial charge is 0.266 e. The maximum atomic E-state index is 12.0. The van der Waals surface area contributed by atoms with Crippen molar-refractivity contribution in [3.05, 3.63) is 45.7 Å².